The summed E-state index contributed by atoms with van der Waals surface area (Å²) in [5.74, 6) is 0.197. The standard InChI is InChI=1S/C15H28N4O2/c1-7-21-15(20)12-8-17-19(6)14(12)9-16-13(11(2)3)10-18(4)5/h8,11,13,16H,7,9-10H2,1-6H3. The van der Waals surface area contributed by atoms with Gasteiger partial charge in [0, 0.05) is 26.2 Å². The molecule has 0 aromatic carbocycles. The van der Waals surface area contributed by atoms with Crippen LogP contribution in [0.1, 0.15) is 36.8 Å². The van der Waals surface area contributed by atoms with E-state index in [1.54, 1.807) is 17.8 Å². The maximum absolute atomic E-state index is 11.9. The molecule has 21 heavy (non-hydrogen) atoms. The van der Waals surface area contributed by atoms with E-state index in [0.29, 0.717) is 30.7 Å². The summed E-state index contributed by atoms with van der Waals surface area (Å²) in [5.41, 5.74) is 1.40. The Hall–Kier alpha value is -1.40. The van der Waals surface area contributed by atoms with Gasteiger partial charge in [-0.25, -0.2) is 4.79 Å². The predicted molar refractivity (Wildman–Crippen MR) is 83.2 cm³/mol. The number of esters is 1. The summed E-state index contributed by atoms with van der Waals surface area (Å²) in [5, 5.41) is 7.69. The van der Waals surface area contributed by atoms with E-state index in [4.69, 9.17) is 4.74 Å². The number of nitrogens with one attached hydrogen (secondary N) is 1. The number of rotatable bonds is 8. The molecule has 0 fully saturated rings. The maximum atomic E-state index is 11.9. The average molecular weight is 296 g/mol. The first-order chi connectivity index (χ1) is 9.86. The van der Waals surface area contributed by atoms with Crippen molar-refractivity contribution in [3.8, 4) is 0 Å². The van der Waals surface area contributed by atoms with Crippen molar-refractivity contribution in [1.82, 2.24) is 20.0 Å². The lowest BCUT2D eigenvalue weighted by Gasteiger charge is -2.26. The van der Waals surface area contributed by atoms with Crippen LogP contribution in [0.4, 0.5) is 0 Å². The van der Waals surface area contributed by atoms with Gasteiger partial charge in [0.25, 0.3) is 0 Å². The van der Waals surface area contributed by atoms with E-state index in [2.05, 4.69) is 43.3 Å². The molecule has 0 radical (unpaired) electrons. The first kappa shape index (κ1) is 17.7. The minimum Gasteiger partial charge on any atom is -0.462 e. The minimum atomic E-state index is -0.309. The van der Waals surface area contributed by atoms with Crippen LogP contribution in [0.15, 0.2) is 6.20 Å². The number of hydrogen-bond acceptors (Lipinski definition) is 5. The molecule has 0 saturated carbocycles. The fourth-order valence-corrected chi connectivity index (χ4v) is 2.18. The van der Waals surface area contributed by atoms with Crippen molar-refractivity contribution >= 4 is 5.97 Å². The van der Waals surface area contributed by atoms with Crippen LogP contribution < -0.4 is 5.32 Å². The Morgan fingerprint density at radius 1 is 1.48 bits per heavy atom. The number of likely N-dealkylation sites (N-methyl/N-ethyl adjacent to an activating group) is 1. The second-order valence-corrected chi connectivity index (χ2v) is 5.84. The van der Waals surface area contributed by atoms with Crippen molar-refractivity contribution in [3.63, 3.8) is 0 Å². The van der Waals surface area contributed by atoms with Crippen molar-refractivity contribution in [2.45, 2.75) is 33.4 Å². The molecule has 0 aliphatic rings. The van der Waals surface area contributed by atoms with Gasteiger partial charge in [-0.15, -0.1) is 0 Å². The number of ether oxygens (including phenoxy) is 1. The molecule has 1 aromatic rings. The van der Waals surface area contributed by atoms with Gasteiger partial charge in [0.1, 0.15) is 5.56 Å². The lowest BCUT2D eigenvalue weighted by atomic mass is 10.0. The van der Waals surface area contributed by atoms with Crippen LogP contribution in [-0.2, 0) is 18.3 Å². The first-order valence-corrected chi connectivity index (χ1v) is 7.42. The summed E-state index contributed by atoms with van der Waals surface area (Å²) in [6, 6.07) is 0.352. The monoisotopic (exact) mass is 296 g/mol. The van der Waals surface area contributed by atoms with Crippen molar-refractivity contribution in [1.29, 1.82) is 0 Å². The summed E-state index contributed by atoms with van der Waals surface area (Å²) >= 11 is 0. The van der Waals surface area contributed by atoms with E-state index in [1.807, 2.05) is 7.05 Å². The molecule has 1 aromatic heterocycles. The highest BCUT2D eigenvalue weighted by Crippen LogP contribution is 2.11. The quantitative estimate of drug-likeness (QED) is 0.732. The van der Waals surface area contributed by atoms with Gasteiger partial charge in [-0.3, -0.25) is 4.68 Å². The molecule has 6 nitrogen and oxygen atoms in total. The van der Waals surface area contributed by atoms with E-state index >= 15 is 0 Å². The summed E-state index contributed by atoms with van der Waals surface area (Å²) in [7, 11) is 5.96. The highest BCUT2D eigenvalue weighted by Gasteiger charge is 2.19. The largest absolute Gasteiger partial charge is 0.462 e. The van der Waals surface area contributed by atoms with Crippen molar-refractivity contribution in [2.75, 3.05) is 27.2 Å². The number of aryl methyl sites for hydroxylation is 1. The Balaban J connectivity index is 2.77. The molecule has 120 valence electrons. The van der Waals surface area contributed by atoms with E-state index in [-0.39, 0.29) is 5.97 Å². The van der Waals surface area contributed by atoms with Crippen LogP contribution in [0.5, 0.6) is 0 Å². The smallest absolute Gasteiger partial charge is 0.341 e. The van der Waals surface area contributed by atoms with E-state index in [9.17, 15) is 4.79 Å². The van der Waals surface area contributed by atoms with E-state index in [0.717, 1.165) is 12.2 Å². The van der Waals surface area contributed by atoms with Crippen LogP contribution in [0.2, 0.25) is 0 Å². The Labute approximate surface area is 127 Å². The number of carbonyl (C=O) groups is 1. The third kappa shape index (κ3) is 5.13. The first-order valence-electron chi connectivity index (χ1n) is 7.42. The van der Waals surface area contributed by atoms with Crippen molar-refractivity contribution in [2.24, 2.45) is 13.0 Å². The van der Waals surface area contributed by atoms with Crippen LogP contribution in [-0.4, -0.2) is 53.9 Å². The molecule has 1 atom stereocenters. The molecule has 1 heterocycles. The lowest BCUT2D eigenvalue weighted by Crippen LogP contribution is -2.42. The zero-order chi connectivity index (χ0) is 16.0. The van der Waals surface area contributed by atoms with Gasteiger partial charge in [-0.2, -0.15) is 5.10 Å². The van der Waals surface area contributed by atoms with Crippen molar-refractivity contribution < 1.29 is 9.53 Å². The minimum absolute atomic E-state index is 0.309. The summed E-state index contributed by atoms with van der Waals surface area (Å²) in [4.78, 5) is 14.1. The Morgan fingerprint density at radius 3 is 2.67 bits per heavy atom. The molecule has 0 bridgehead atoms. The number of aromatic nitrogens is 2. The second-order valence-electron chi connectivity index (χ2n) is 5.84. The van der Waals surface area contributed by atoms with Gasteiger partial charge >= 0.3 is 5.97 Å². The van der Waals surface area contributed by atoms with E-state index in [1.165, 1.54) is 0 Å². The zero-order valence-corrected chi connectivity index (χ0v) is 14.0. The molecule has 0 saturated heterocycles. The molecule has 0 aliphatic carbocycles. The summed E-state index contributed by atoms with van der Waals surface area (Å²) < 4.78 is 6.80. The number of hydrogen-bond donors (Lipinski definition) is 1. The number of nitrogens with zero attached hydrogens (tertiary/aromatic N) is 3. The Bertz CT molecular complexity index is 455. The van der Waals surface area contributed by atoms with Crippen LogP contribution >= 0.6 is 0 Å². The van der Waals surface area contributed by atoms with Crippen LogP contribution in [0, 0.1) is 5.92 Å². The molecular formula is C15H28N4O2. The average Bonchev–Trinajstić information content (AvgIpc) is 2.75. The van der Waals surface area contributed by atoms with Gasteiger partial charge in [0.05, 0.1) is 18.5 Å². The lowest BCUT2D eigenvalue weighted by molar-refractivity contribution is 0.0524. The van der Waals surface area contributed by atoms with Gasteiger partial charge in [-0.1, -0.05) is 13.8 Å². The molecule has 1 rings (SSSR count). The molecule has 6 heteroatoms. The molecule has 1 unspecified atom stereocenters. The van der Waals surface area contributed by atoms with E-state index < -0.39 is 0 Å². The SMILES string of the molecule is CCOC(=O)c1cnn(C)c1CNC(CN(C)C)C(C)C. The Kier molecular flexibility index (Phi) is 6.84. The summed E-state index contributed by atoms with van der Waals surface area (Å²) in [6.07, 6.45) is 1.57. The van der Waals surface area contributed by atoms with Crippen LogP contribution in [0.25, 0.3) is 0 Å². The Morgan fingerprint density at radius 2 is 2.14 bits per heavy atom. The molecule has 0 aliphatic heterocycles. The fraction of sp³-hybridized carbons (Fsp3) is 0.733. The zero-order valence-electron chi connectivity index (χ0n) is 14.0. The normalized spacial score (nSPS) is 13.0. The van der Waals surface area contributed by atoms with Gasteiger partial charge in [-0.05, 0) is 26.9 Å². The highest BCUT2D eigenvalue weighted by molar-refractivity contribution is 5.90. The van der Waals surface area contributed by atoms with Gasteiger partial charge < -0.3 is 15.0 Å². The van der Waals surface area contributed by atoms with Crippen LogP contribution in [0.3, 0.4) is 0 Å². The topological polar surface area (TPSA) is 59.4 Å². The van der Waals surface area contributed by atoms with Crippen molar-refractivity contribution in [3.05, 3.63) is 17.5 Å². The molecule has 1 N–H and O–H groups in total. The number of carbonyl (C=O) groups excluding carboxylic acids is 1. The fourth-order valence-electron chi connectivity index (χ4n) is 2.18. The summed E-state index contributed by atoms with van der Waals surface area (Å²) in [6.45, 7) is 8.10. The highest BCUT2D eigenvalue weighted by atomic mass is 16.5. The second kappa shape index (κ2) is 8.14. The third-order valence-corrected chi connectivity index (χ3v) is 3.46. The molecule has 0 amide bonds. The molecule has 0 spiro atoms. The third-order valence-electron chi connectivity index (χ3n) is 3.46. The van der Waals surface area contributed by atoms with Gasteiger partial charge in [0.15, 0.2) is 0 Å². The maximum Gasteiger partial charge on any atom is 0.341 e. The molecular weight excluding hydrogens is 268 g/mol. The predicted octanol–water partition coefficient (Wildman–Crippen LogP) is 1.27. The van der Waals surface area contributed by atoms with Gasteiger partial charge in [0.2, 0.25) is 0 Å².